The van der Waals surface area contributed by atoms with Crippen LogP contribution in [-0.2, 0) is 6.42 Å². The third-order valence-electron chi connectivity index (χ3n) is 2.95. The van der Waals surface area contributed by atoms with Crippen LogP contribution in [0.15, 0.2) is 12.1 Å². The van der Waals surface area contributed by atoms with Crippen LogP contribution in [0, 0.1) is 0 Å². The predicted molar refractivity (Wildman–Crippen MR) is 52.1 cm³/mol. The smallest absolute Gasteiger partial charge is 0.231 e. The molecule has 1 saturated carbocycles. The Morgan fingerprint density at radius 1 is 1.27 bits per heavy atom. The Morgan fingerprint density at radius 2 is 2.07 bits per heavy atom. The highest BCUT2D eigenvalue weighted by Crippen LogP contribution is 2.46. The number of phenolic OH excluding ortho intramolecular Hbond substituents is 1. The molecule has 1 aromatic carbocycles. The van der Waals surface area contributed by atoms with Crippen LogP contribution in [0.2, 0.25) is 0 Å². The molecule has 1 fully saturated rings. The van der Waals surface area contributed by atoms with Gasteiger partial charge in [0.1, 0.15) is 5.75 Å². The highest BCUT2D eigenvalue weighted by atomic mass is 16.7. The van der Waals surface area contributed by atoms with Gasteiger partial charge in [-0.25, -0.2) is 0 Å². The average molecular weight is 208 g/mol. The molecule has 4 nitrogen and oxygen atoms in total. The monoisotopic (exact) mass is 208 g/mol. The molecule has 1 aliphatic heterocycles. The minimum absolute atomic E-state index is 0.166. The van der Waals surface area contributed by atoms with Crippen LogP contribution >= 0.6 is 0 Å². The van der Waals surface area contributed by atoms with Gasteiger partial charge in [0.05, 0.1) is 5.60 Å². The lowest BCUT2D eigenvalue weighted by Crippen LogP contribution is -2.11. The molecular formula is C11H12O4. The molecule has 0 amide bonds. The third-order valence-corrected chi connectivity index (χ3v) is 2.95. The maximum absolute atomic E-state index is 9.83. The molecule has 2 aliphatic rings. The molecule has 0 spiro atoms. The summed E-state index contributed by atoms with van der Waals surface area (Å²) in [6.07, 6.45) is 2.01. The van der Waals surface area contributed by atoms with Gasteiger partial charge >= 0.3 is 0 Å². The predicted octanol–water partition coefficient (Wildman–Crippen LogP) is 1.19. The number of hydrogen-bond donors (Lipinski definition) is 2. The lowest BCUT2D eigenvalue weighted by molar-refractivity contribution is 0.146. The molecule has 0 bridgehead atoms. The van der Waals surface area contributed by atoms with E-state index in [2.05, 4.69) is 0 Å². The van der Waals surface area contributed by atoms with E-state index < -0.39 is 5.60 Å². The second-order valence-corrected chi connectivity index (χ2v) is 4.20. The number of aromatic hydroxyl groups is 1. The number of hydrogen-bond acceptors (Lipinski definition) is 4. The van der Waals surface area contributed by atoms with Crippen molar-refractivity contribution in [3.63, 3.8) is 0 Å². The first-order valence-electron chi connectivity index (χ1n) is 5.01. The van der Waals surface area contributed by atoms with Gasteiger partial charge in [0, 0.05) is 12.0 Å². The zero-order chi connectivity index (χ0) is 10.5. The van der Waals surface area contributed by atoms with Crippen LogP contribution in [0.3, 0.4) is 0 Å². The zero-order valence-corrected chi connectivity index (χ0v) is 8.19. The van der Waals surface area contributed by atoms with E-state index in [4.69, 9.17) is 9.47 Å². The number of ether oxygens (including phenoxy) is 2. The van der Waals surface area contributed by atoms with Crippen molar-refractivity contribution in [1.82, 2.24) is 0 Å². The summed E-state index contributed by atoms with van der Waals surface area (Å²) in [7, 11) is 0. The second kappa shape index (κ2) is 2.79. The van der Waals surface area contributed by atoms with Gasteiger partial charge in [-0.05, 0) is 25.0 Å². The highest BCUT2D eigenvalue weighted by molar-refractivity contribution is 5.55. The summed E-state index contributed by atoms with van der Waals surface area (Å²) in [4.78, 5) is 0. The van der Waals surface area contributed by atoms with Crippen molar-refractivity contribution >= 4 is 0 Å². The van der Waals surface area contributed by atoms with E-state index in [1.165, 1.54) is 0 Å². The molecule has 3 rings (SSSR count). The fraction of sp³-hybridized carbons (Fsp3) is 0.455. The van der Waals surface area contributed by atoms with Crippen LogP contribution in [0.5, 0.6) is 17.2 Å². The van der Waals surface area contributed by atoms with Crippen molar-refractivity contribution in [3.05, 3.63) is 17.7 Å². The van der Waals surface area contributed by atoms with Crippen molar-refractivity contribution in [2.24, 2.45) is 0 Å². The summed E-state index contributed by atoms with van der Waals surface area (Å²) in [6.45, 7) is 0.185. The largest absolute Gasteiger partial charge is 0.508 e. The van der Waals surface area contributed by atoms with Gasteiger partial charge < -0.3 is 19.7 Å². The fourth-order valence-electron chi connectivity index (χ4n) is 1.84. The van der Waals surface area contributed by atoms with Crippen molar-refractivity contribution in [2.45, 2.75) is 24.9 Å². The molecule has 15 heavy (non-hydrogen) atoms. The van der Waals surface area contributed by atoms with E-state index >= 15 is 0 Å². The number of benzene rings is 1. The van der Waals surface area contributed by atoms with Crippen LogP contribution in [0.25, 0.3) is 0 Å². The van der Waals surface area contributed by atoms with Crippen LogP contribution in [-0.4, -0.2) is 22.6 Å². The Bertz CT molecular complexity index is 409. The molecule has 0 radical (unpaired) electrons. The van der Waals surface area contributed by atoms with Crippen LogP contribution in [0.1, 0.15) is 18.4 Å². The molecule has 0 unspecified atom stereocenters. The molecule has 0 atom stereocenters. The van der Waals surface area contributed by atoms with E-state index in [1.807, 2.05) is 0 Å². The normalized spacial score (nSPS) is 20.3. The van der Waals surface area contributed by atoms with E-state index in [-0.39, 0.29) is 12.5 Å². The van der Waals surface area contributed by atoms with Gasteiger partial charge in [0.25, 0.3) is 0 Å². The zero-order valence-electron chi connectivity index (χ0n) is 8.19. The van der Waals surface area contributed by atoms with Crippen molar-refractivity contribution in [3.8, 4) is 17.2 Å². The quantitative estimate of drug-likeness (QED) is 0.766. The second-order valence-electron chi connectivity index (χ2n) is 4.20. The van der Waals surface area contributed by atoms with Crippen LogP contribution in [0.4, 0.5) is 0 Å². The molecule has 80 valence electrons. The Labute approximate surface area is 87.1 Å². The Morgan fingerprint density at radius 3 is 2.80 bits per heavy atom. The maximum atomic E-state index is 9.83. The van der Waals surface area contributed by atoms with Gasteiger partial charge in [0.2, 0.25) is 6.79 Å². The number of fused-ring (bicyclic) bond motifs is 1. The van der Waals surface area contributed by atoms with Crippen molar-refractivity contribution < 1.29 is 19.7 Å². The van der Waals surface area contributed by atoms with E-state index in [1.54, 1.807) is 12.1 Å². The number of rotatable bonds is 2. The van der Waals surface area contributed by atoms with Gasteiger partial charge in [-0.15, -0.1) is 0 Å². The van der Waals surface area contributed by atoms with E-state index in [9.17, 15) is 10.2 Å². The maximum Gasteiger partial charge on any atom is 0.231 e. The topological polar surface area (TPSA) is 58.9 Å². The first-order valence-corrected chi connectivity index (χ1v) is 5.01. The molecule has 0 aromatic heterocycles. The summed E-state index contributed by atoms with van der Waals surface area (Å²) in [6, 6.07) is 3.26. The van der Waals surface area contributed by atoms with Crippen molar-refractivity contribution in [2.75, 3.05) is 6.79 Å². The Kier molecular flexibility index (Phi) is 1.65. The van der Waals surface area contributed by atoms with Crippen LogP contribution < -0.4 is 9.47 Å². The molecule has 1 aromatic rings. The lowest BCUT2D eigenvalue weighted by Gasteiger charge is -2.11. The number of phenols is 1. The van der Waals surface area contributed by atoms with E-state index in [0.29, 0.717) is 23.5 Å². The molecule has 4 heteroatoms. The summed E-state index contributed by atoms with van der Waals surface area (Å²) in [5.74, 6) is 1.39. The summed E-state index contributed by atoms with van der Waals surface area (Å²) >= 11 is 0. The highest BCUT2D eigenvalue weighted by Gasteiger charge is 2.42. The van der Waals surface area contributed by atoms with Gasteiger partial charge in [0.15, 0.2) is 11.5 Å². The Hall–Kier alpha value is -1.42. The lowest BCUT2D eigenvalue weighted by atomic mass is 10.0. The van der Waals surface area contributed by atoms with Gasteiger partial charge in [-0.2, -0.15) is 0 Å². The van der Waals surface area contributed by atoms with E-state index in [0.717, 1.165) is 12.8 Å². The molecule has 1 aliphatic carbocycles. The fourth-order valence-corrected chi connectivity index (χ4v) is 1.84. The summed E-state index contributed by atoms with van der Waals surface area (Å²) in [5.41, 5.74) is 0.0171. The summed E-state index contributed by atoms with van der Waals surface area (Å²) in [5, 5.41) is 19.5. The standard InChI is InChI=1S/C11H12O4/c12-8-1-2-9-10(15-6-14-9)7(8)5-11(13)3-4-11/h1-2,12-13H,3-6H2. The minimum Gasteiger partial charge on any atom is -0.508 e. The SMILES string of the molecule is Oc1ccc2c(c1CC1(O)CC1)OCO2. The first kappa shape index (κ1) is 8.85. The average Bonchev–Trinajstić information content (AvgIpc) is 2.78. The molecule has 2 N–H and O–H groups in total. The van der Waals surface area contributed by atoms with Gasteiger partial charge in [-0.3, -0.25) is 0 Å². The molecular weight excluding hydrogens is 196 g/mol. The van der Waals surface area contributed by atoms with Gasteiger partial charge in [-0.1, -0.05) is 0 Å². The first-order chi connectivity index (χ1) is 7.18. The third kappa shape index (κ3) is 1.41. The summed E-state index contributed by atoms with van der Waals surface area (Å²) < 4.78 is 10.5. The minimum atomic E-state index is -0.640. The number of aliphatic hydroxyl groups is 1. The Balaban J connectivity index is 2.01. The molecule has 1 heterocycles. The van der Waals surface area contributed by atoms with Crippen molar-refractivity contribution in [1.29, 1.82) is 0 Å². The molecule has 0 saturated heterocycles.